The minimum atomic E-state index is -0.373. The van der Waals surface area contributed by atoms with Crippen LogP contribution in [0.3, 0.4) is 0 Å². The topological polar surface area (TPSA) is 110 Å². The van der Waals surface area contributed by atoms with Gasteiger partial charge in [-0.05, 0) is 19.3 Å². The molecule has 0 spiro atoms. The Kier molecular flexibility index (Phi) is 2.29. The number of carbonyl (C=O) groups is 1. The molecule has 2 heterocycles. The molecule has 0 unspecified atom stereocenters. The maximum absolute atomic E-state index is 11.7. The number of hydrogen-bond donors (Lipinski definition) is 3. The lowest BCUT2D eigenvalue weighted by atomic mass is 10.4. The first-order chi connectivity index (χ1) is 8.22. The molecule has 0 radical (unpaired) electrons. The number of aromatic nitrogens is 4. The Morgan fingerprint density at radius 2 is 2.29 bits per heavy atom. The lowest BCUT2D eigenvalue weighted by Crippen LogP contribution is -2.13. The summed E-state index contributed by atoms with van der Waals surface area (Å²) in [6.45, 7) is 0. The van der Waals surface area contributed by atoms with Gasteiger partial charge in [-0.25, -0.2) is 4.98 Å². The number of H-pyrrole nitrogens is 1. The monoisotopic (exact) mass is 250 g/mol. The predicted octanol–water partition coefficient (Wildman–Crippen LogP) is 0.584. The molecule has 3 rings (SSSR count). The minimum Gasteiger partial charge on any atom is -0.366 e. The van der Waals surface area contributed by atoms with E-state index in [0.717, 1.165) is 25.0 Å². The summed E-state index contributed by atoms with van der Waals surface area (Å²) in [5, 5.41) is 9.33. The van der Waals surface area contributed by atoms with Crippen LogP contribution in [0.25, 0.3) is 0 Å². The number of aromatic amines is 1. The molecule has 0 fully saturated rings. The smallest absolute Gasteiger partial charge is 0.294 e. The Hall–Kier alpha value is -1.96. The summed E-state index contributed by atoms with van der Waals surface area (Å²) < 4.78 is 0. The molecule has 0 atom stereocenters. The fourth-order valence-electron chi connectivity index (χ4n) is 1.78. The molecule has 0 aromatic carbocycles. The highest BCUT2D eigenvalue weighted by atomic mass is 32.1. The van der Waals surface area contributed by atoms with Crippen molar-refractivity contribution in [3.05, 3.63) is 16.4 Å². The van der Waals surface area contributed by atoms with Gasteiger partial charge in [-0.1, -0.05) is 0 Å². The van der Waals surface area contributed by atoms with Gasteiger partial charge in [0, 0.05) is 4.88 Å². The van der Waals surface area contributed by atoms with Gasteiger partial charge in [0.25, 0.3) is 5.91 Å². The molecular weight excluding hydrogens is 240 g/mol. The summed E-state index contributed by atoms with van der Waals surface area (Å²) in [4.78, 5) is 21.1. The average molecular weight is 250 g/mol. The molecule has 0 saturated carbocycles. The van der Waals surface area contributed by atoms with Crippen LogP contribution < -0.4 is 11.1 Å². The highest BCUT2D eigenvalue weighted by molar-refractivity contribution is 7.15. The van der Waals surface area contributed by atoms with Gasteiger partial charge in [-0.15, -0.1) is 16.4 Å². The fourth-order valence-corrected chi connectivity index (χ4v) is 2.82. The number of nitrogens with two attached hydrogens (primary N) is 1. The summed E-state index contributed by atoms with van der Waals surface area (Å²) in [5.74, 6) is -0.226. The number of fused-ring (bicyclic) bond motifs is 1. The zero-order chi connectivity index (χ0) is 11.8. The maximum Gasteiger partial charge on any atom is 0.294 e. The summed E-state index contributed by atoms with van der Waals surface area (Å²) >= 11 is 1.52. The number of nitrogens with zero attached hydrogens (tertiary/aromatic N) is 3. The normalized spacial score (nSPS) is 13.6. The van der Waals surface area contributed by atoms with E-state index >= 15 is 0 Å². The molecule has 17 heavy (non-hydrogen) atoms. The zero-order valence-corrected chi connectivity index (χ0v) is 9.67. The number of thiazole rings is 1. The van der Waals surface area contributed by atoms with E-state index in [1.807, 2.05) is 0 Å². The van der Waals surface area contributed by atoms with Crippen LogP contribution in [-0.2, 0) is 12.8 Å². The predicted molar refractivity (Wildman–Crippen MR) is 62.9 cm³/mol. The second kappa shape index (κ2) is 3.81. The van der Waals surface area contributed by atoms with Crippen LogP contribution in [0.1, 0.15) is 27.6 Å². The summed E-state index contributed by atoms with van der Waals surface area (Å²) in [6, 6.07) is 0. The van der Waals surface area contributed by atoms with Gasteiger partial charge in [0.05, 0.1) is 5.69 Å². The van der Waals surface area contributed by atoms with Crippen molar-refractivity contribution in [1.29, 1.82) is 0 Å². The van der Waals surface area contributed by atoms with E-state index in [2.05, 4.69) is 25.5 Å². The minimum absolute atomic E-state index is 0.0526. The van der Waals surface area contributed by atoms with E-state index < -0.39 is 0 Å². The van der Waals surface area contributed by atoms with Crippen LogP contribution in [0.15, 0.2) is 0 Å². The van der Waals surface area contributed by atoms with Crippen molar-refractivity contribution in [2.45, 2.75) is 19.3 Å². The van der Waals surface area contributed by atoms with Crippen LogP contribution in [0.5, 0.6) is 0 Å². The van der Waals surface area contributed by atoms with Crippen molar-refractivity contribution >= 4 is 28.3 Å². The average Bonchev–Trinajstić information content (AvgIpc) is 2.92. The first kappa shape index (κ1) is 10.2. The van der Waals surface area contributed by atoms with Gasteiger partial charge < -0.3 is 5.73 Å². The van der Waals surface area contributed by atoms with Crippen molar-refractivity contribution in [2.24, 2.45) is 0 Å². The zero-order valence-electron chi connectivity index (χ0n) is 8.86. The summed E-state index contributed by atoms with van der Waals surface area (Å²) in [7, 11) is 0. The number of aryl methyl sites for hydroxylation is 2. The molecule has 1 amide bonds. The molecule has 2 aromatic heterocycles. The molecule has 0 bridgehead atoms. The molecule has 8 heteroatoms. The van der Waals surface area contributed by atoms with Crippen LogP contribution in [-0.4, -0.2) is 26.1 Å². The first-order valence-electron chi connectivity index (χ1n) is 5.20. The number of carbonyl (C=O) groups excluding carboxylic acids is 1. The first-order valence-corrected chi connectivity index (χ1v) is 6.02. The maximum atomic E-state index is 11.7. The summed E-state index contributed by atoms with van der Waals surface area (Å²) in [5.41, 5.74) is 6.42. The summed E-state index contributed by atoms with van der Waals surface area (Å²) in [6.07, 6.45) is 3.20. The Bertz CT molecular complexity index is 552. The van der Waals surface area contributed by atoms with Crippen molar-refractivity contribution in [3.8, 4) is 0 Å². The van der Waals surface area contributed by atoms with Gasteiger partial charge in [-0.2, -0.15) is 4.98 Å². The molecule has 4 N–H and O–H groups in total. The second-order valence-corrected chi connectivity index (χ2v) is 4.82. The second-order valence-electron chi connectivity index (χ2n) is 3.74. The van der Waals surface area contributed by atoms with E-state index in [0.29, 0.717) is 5.13 Å². The molecule has 7 nitrogen and oxygen atoms in total. The number of amides is 1. The van der Waals surface area contributed by atoms with Gasteiger partial charge in [0.1, 0.15) is 0 Å². The third-order valence-electron chi connectivity index (χ3n) is 2.53. The highest BCUT2D eigenvalue weighted by Crippen LogP contribution is 2.30. The van der Waals surface area contributed by atoms with E-state index in [1.165, 1.54) is 16.2 Å². The van der Waals surface area contributed by atoms with Crippen molar-refractivity contribution in [1.82, 2.24) is 20.2 Å². The lowest BCUT2D eigenvalue weighted by Gasteiger charge is -1.96. The number of nitrogen functional groups attached to an aromatic ring is 1. The van der Waals surface area contributed by atoms with E-state index in [1.54, 1.807) is 0 Å². The number of anilines is 2. The molecule has 1 aliphatic rings. The standard InChI is InChI=1S/C9H10N6OS/c10-8-12-6(14-15-8)7(16)13-9-11-4-2-1-3-5(4)17-9/h1-3H2,(H,11,13,16)(H3,10,12,14,15). The molecule has 2 aromatic rings. The van der Waals surface area contributed by atoms with E-state index in [9.17, 15) is 4.79 Å². The molecule has 0 saturated heterocycles. The van der Waals surface area contributed by atoms with Crippen molar-refractivity contribution < 1.29 is 4.79 Å². The van der Waals surface area contributed by atoms with Crippen molar-refractivity contribution in [2.75, 3.05) is 11.1 Å². The Balaban J connectivity index is 1.76. The SMILES string of the molecule is Nc1n[nH]c(C(=O)Nc2nc3c(s2)CCC3)n1. The Morgan fingerprint density at radius 3 is 3.00 bits per heavy atom. The third-order valence-corrected chi connectivity index (χ3v) is 3.61. The third kappa shape index (κ3) is 1.86. The Morgan fingerprint density at radius 1 is 1.41 bits per heavy atom. The lowest BCUT2D eigenvalue weighted by molar-refractivity contribution is 0.101. The molecule has 1 aliphatic carbocycles. The van der Waals surface area contributed by atoms with Gasteiger partial charge in [0.15, 0.2) is 5.13 Å². The van der Waals surface area contributed by atoms with Crippen LogP contribution >= 0.6 is 11.3 Å². The van der Waals surface area contributed by atoms with Crippen LogP contribution in [0, 0.1) is 0 Å². The van der Waals surface area contributed by atoms with E-state index in [-0.39, 0.29) is 17.7 Å². The van der Waals surface area contributed by atoms with Crippen molar-refractivity contribution in [3.63, 3.8) is 0 Å². The quantitative estimate of drug-likeness (QED) is 0.722. The van der Waals surface area contributed by atoms with Crippen LogP contribution in [0.2, 0.25) is 0 Å². The molecular formula is C9H10N6OS. The largest absolute Gasteiger partial charge is 0.366 e. The van der Waals surface area contributed by atoms with Gasteiger partial charge >= 0.3 is 0 Å². The number of nitrogens with one attached hydrogen (secondary N) is 2. The number of rotatable bonds is 2. The highest BCUT2D eigenvalue weighted by Gasteiger charge is 2.19. The molecule has 88 valence electrons. The fraction of sp³-hybridized carbons (Fsp3) is 0.333. The van der Waals surface area contributed by atoms with Gasteiger partial charge in [0.2, 0.25) is 11.8 Å². The number of hydrogen-bond acceptors (Lipinski definition) is 6. The van der Waals surface area contributed by atoms with E-state index in [4.69, 9.17) is 5.73 Å². The van der Waals surface area contributed by atoms with Gasteiger partial charge in [-0.3, -0.25) is 15.2 Å². The van der Waals surface area contributed by atoms with Crippen LogP contribution in [0.4, 0.5) is 11.1 Å². The molecule has 0 aliphatic heterocycles. The Labute approximate surface area is 100 Å².